The Bertz CT molecular complexity index is 716. The van der Waals surface area contributed by atoms with Gasteiger partial charge < -0.3 is 14.5 Å². The summed E-state index contributed by atoms with van der Waals surface area (Å²) in [4.78, 5) is 26.8. The first-order valence-electron chi connectivity index (χ1n) is 6.62. The second-order valence-electron chi connectivity index (χ2n) is 4.49. The molecule has 0 fully saturated rings. The van der Waals surface area contributed by atoms with E-state index in [0.717, 1.165) is 11.3 Å². The Morgan fingerprint density at radius 3 is 2.86 bits per heavy atom. The molecule has 0 radical (unpaired) electrons. The number of aryl methyl sites for hydroxylation is 1. The third-order valence-electron chi connectivity index (χ3n) is 2.88. The number of aromatic nitrogens is 2. The van der Waals surface area contributed by atoms with E-state index in [1.165, 1.54) is 13.0 Å². The number of carbonyl (C=O) groups excluding carboxylic acids is 2. The van der Waals surface area contributed by atoms with Crippen LogP contribution in [0.1, 0.15) is 25.2 Å². The smallest absolute Gasteiger partial charge is 0.330 e. The van der Waals surface area contributed by atoms with E-state index < -0.39 is 5.97 Å². The molecule has 0 aliphatic rings. The van der Waals surface area contributed by atoms with Crippen molar-refractivity contribution < 1.29 is 14.3 Å². The Balaban J connectivity index is 2.32. The van der Waals surface area contributed by atoms with Crippen LogP contribution in [0.3, 0.4) is 0 Å². The van der Waals surface area contributed by atoms with Crippen molar-refractivity contribution >= 4 is 29.3 Å². The molecular weight excluding hydrogens is 270 g/mol. The molecule has 0 aliphatic heterocycles. The predicted octanol–water partition coefficient (Wildman–Crippen LogP) is 2.18. The lowest BCUT2D eigenvalue weighted by Crippen LogP contribution is -2.06. The van der Waals surface area contributed by atoms with Crippen LogP contribution in [-0.4, -0.2) is 27.9 Å². The van der Waals surface area contributed by atoms with Crippen molar-refractivity contribution in [1.82, 2.24) is 9.38 Å². The number of carbonyl (C=O) groups is 2. The standard InChI is InChI=1S/C15H17N3O3/c1-4-21-15(20)8-6-13-10(2)18-9-12(16-11(3)19)5-7-14(18)17-13/h5-9H,4H2,1-3H3,(H,16,19). The minimum Gasteiger partial charge on any atom is -0.463 e. The largest absolute Gasteiger partial charge is 0.463 e. The molecule has 0 aromatic carbocycles. The Morgan fingerprint density at radius 2 is 2.19 bits per heavy atom. The lowest BCUT2D eigenvalue weighted by Gasteiger charge is -2.03. The molecule has 2 heterocycles. The lowest BCUT2D eigenvalue weighted by atomic mass is 10.3. The Labute approximate surface area is 122 Å². The number of nitrogens with zero attached hydrogens (tertiary/aromatic N) is 2. The molecule has 6 heteroatoms. The van der Waals surface area contributed by atoms with Gasteiger partial charge >= 0.3 is 5.97 Å². The number of fused-ring (bicyclic) bond motifs is 1. The molecule has 1 amide bonds. The molecule has 2 aromatic rings. The normalized spacial score (nSPS) is 11.0. The van der Waals surface area contributed by atoms with Gasteiger partial charge in [0.1, 0.15) is 5.65 Å². The molecule has 6 nitrogen and oxygen atoms in total. The minimum atomic E-state index is -0.395. The zero-order valence-electron chi connectivity index (χ0n) is 12.2. The van der Waals surface area contributed by atoms with Crippen molar-refractivity contribution in [1.29, 1.82) is 0 Å². The van der Waals surface area contributed by atoms with Crippen LogP contribution < -0.4 is 5.32 Å². The molecule has 2 rings (SSSR count). The van der Waals surface area contributed by atoms with Crippen molar-refractivity contribution in [3.63, 3.8) is 0 Å². The Hall–Kier alpha value is -2.63. The number of amides is 1. The van der Waals surface area contributed by atoms with Crippen LogP contribution in [0.25, 0.3) is 11.7 Å². The van der Waals surface area contributed by atoms with Gasteiger partial charge in [0.25, 0.3) is 0 Å². The Morgan fingerprint density at radius 1 is 1.43 bits per heavy atom. The van der Waals surface area contributed by atoms with Gasteiger partial charge in [-0.15, -0.1) is 0 Å². The summed E-state index contributed by atoms with van der Waals surface area (Å²) in [5, 5.41) is 2.72. The zero-order chi connectivity index (χ0) is 15.4. The van der Waals surface area contributed by atoms with Gasteiger partial charge in [-0.3, -0.25) is 4.79 Å². The van der Waals surface area contributed by atoms with Crippen LogP contribution in [0.5, 0.6) is 0 Å². The SMILES string of the molecule is CCOC(=O)C=Cc1nc2ccc(NC(C)=O)cn2c1C. The topological polar surface area (TPSA) is 72.7 Å². The van der Waals surface area contributed by atoms with Gasteiger partial charge in [-0.25, -0.2) is 9.78 Å². The molecule has 0 aliphatic carbocycles. The third kappa shape index (κ3) is 3.47. The number of pyridine rings is 1. The van der Waals surface area contributed by atoms with Gasteiger partial charge in [0, 0.05) is 24.9 Å². The summed E-state index contributed by atoms with van der Waals surface area (Å²) in [6.07, 6.45) is 4.77. The molecular formula is C15H17N3O3. The Kier molecular flexibility index (Phi) is 4.37. The van der Waals surface area contributed by atoms with E-state index in [4.69, 9.17) is 4.74 Å². The number of hydrogen-bond acceptors (Lipinski definition) is 4. The maximum Gasteiger partial charge on any atom is 0.330 e. The van der Waals surface area contributed by atoms with Gasteiger partial charge in [-0.05, 0) is 32.1 Å². The third-order valence-corrected chi connectivity index (χ3v) is 2.88. The molecule has 0 saturated carbocycles. The zero-order valence-corrected chi connectivity index (χ0v) is 12.2. The molecule has 1 N–H and O–H groups in total. The summed E-state index contributed by atoms with van der Waals surface area (Å²) in [5.74, 6) is -0.526. The first-order valence-corrected chi connectivity index (χ1v) is 6.62. The molecule has 0 unspecified atom stereocenters. The summed E-state index contributed by atoms with van der Waals surface area (Å²) < 4.78 is 6.69. The predicted molar refractivity (Wildman–Crippen MR) is 79.9 cm³/mol. The summed E-state index contributed by atoms with van der Waals surface area (Å²) in [7, 11) is 0. The molecule has 0 bridgehead atoms. The number of ether oxygens (including phenoxy) is 1. The maximum absolute atomic E-state index is 11.3. The number of rotatable bonds is 4. The fourth-order valence-electron chi connectivity index (χ4n) is 1.95. The number of nitrogens with one attached hydrogen (secondary N) is 1. The highest BCUT2D eigenvalue weighted by atomic mass is 16.5. The number of imidazole rings is 1. The molecule has 0 atom stereocenters. The van der Waals surface area contributed by atoms with Crippen LogP contribution in [0, 0.1) is 6.92 Å². The maximum atomic E-state index is 11.3. The van der Waals surface area contributed by atoms with Gasteiger partial charge in [0.05, 0.1) is 18.0 Å². The summed E-state index contributed by atoms with van der Waals surface area (Å²) >= 11 is 0. The monoisotopic (exact) mass is 287 g/mol. The van der Waals surface area contributed by atoms with E-state index in [1.54, 1.807) is 31.3 Å². The average molecular weight is 287 g/mol. The fraction of sp³-hybridized carbons (Fsp3) is 0.267. The molecule has 0 spiro atoms. The highest BCUT2D eigenvalue weighted by Crippen LogP contribution is 2.17. The molecule has 110 valence electrons. The van der Waals surface area contributed by atoms with E-state index >= 15 is 0 Å². The van der Waals surface area contributed by atoms with Crippen LogP contribution in [0.15, 0.2) is 24.4 Å². The van der Waals surface area contributed by atoms with Gasteiger partial charge in [0.15, 0.2) is 0 Å². The van der Waals surface area contributed by atoms with E-state index in [1.807, 2.05) is 11.3 Å². The van der Waals surface area contributed by atoms with E-state index in [0.29, 0.717) is 18.0 Å². The van der Waals surface area contributed by atoms with Crippen LogP contribution in [-0.2, 0) is 14.3 Å². The first kappa shape index (κ1) is 14.8. The van der Waals surface area contributed by atoms with Crippen molar-refractivity contribution in [2.75, 3.05) is 11.9 Å². The number of hydrogen-bond donors (Lipinski definition) is 1. The molecule has 0 saturated heterocycles. The average Bonchev–Trinajstić information content (AvgIpc) is 2.73. The van der Waals surface area contributed by atoms with Gasteiger partial charge in [-0.2, -0.15) is 0 Å². The lowest BCUT2D eigenvalue weighted by molar-refractivity contribution is -0.137. The van der Waals surface area contributed by atoms with E-state index in [9.17, 15) is 9.59 Å². The number of anilines is 1. The first-order chi connectivity index (χ1) is 10.0. The van der Waals surface area contributed by atoms with Gasteiger partial charge in [0.2, 0.25) is 5.91 Å². The van der Waals surface area contributed by atoms with Crippen molar-refractivity contribution in [2.24, 2.45) is 0 Å². The fourth-order valence-corrected chi connectivity index (χ4v) is 1.95. The van der Waals surface area contributed by atoms with Crippen LogP contribution >= 0.6 is 0 Å². The van der Waals surface area contributed by atoms with E-state index in [2.05, 4.69) is 10.3 Å². The highest BCUT2D eigenvalue weighted by molar-refractivity contribution is 5.89. The second-order valence-corrected chi connectivity index (χ2v) is 4.49. The minimum absolute atomic E-state index is 0.130. The van der Waals surface area contributed by atoms with Crippen LogP contribution in [0.4, 0.5) is 5.69 Å². The summed E-state index contributed by atoms with van der Waals surface area (Å²) in [6.45, 7) is 5.44. The number of esters is 1. The summed E-state index contributed by atoms with van der Waals surface area (Å²) in [5.41, 5.74) is 2.99. The second kappa shape index (κ2) is 6.21. The molecule has 21 heavy (non-hydrogen) atoms. The van der Waals surface area contributed by atoms with Crippen LogP contribution in [0.2, 0.25) is 0 Å². The van der Waals surface area contributed by atoms with Gasteiger partial charge in [-0.1, -0.05) is 0 Å². The van der Waals surface area contributed by atoms with Crippen molar-refractivity contribution in [2.45, 2.75) is 20.8 Å². The van der Waals surface area contributed by atoms with E-state index in [-0.39, 0.29) is 5.91 Å². The summed E-state index contributed by atoms with van der Waals surface area (Å²) in [6, 6.07) is 3.59. The van der Waals surface area contributed by atoms with Crippen molar-refractivity contribution in [3.8, 4) is 0 Å². The molecule has 2 aromatic heterocycles. The highest BCUT2D eigenvalue weighted by Gasteiger charge is 2.07. The van der Waals surface area contributed by atoms with Crippen molar-refractivity contribution in [3.05, 3.63) is 35.8 Å². The quantitative estimate of drug-likeness (QED) is 0.691.